The highest BCUT2D eigenvalue weighted by molar-refractivity contribution is 5.83. The van der Waals surface area contributed by atoms with Crippen molar-refractivity contribution in [1.82, 2.24) is 10.8 Å². The highest BCUT2D eigenvalue weighted by atomic mass is 16.6. The van der Waals surface area contributed by atoms with Crippen molar-refractivity contribution in [3.63, 3.8) is 0 Å². The van der Waals surface area contributed by atoms with Crippen molar-refractivity contribution in [1.29, 1.82) is 0 Å². The Morgan fingerprint density at radius 1 is 1.56 bits per heavy atom. The Labute approximate surface area is 94.9 Å². The summed E-state index contributed by atoms with van der Waals surface area (Å²) in [7, 11) is 0. The fourth-order valence-corrected chi connectivity index (χ4v) is 1.94. The van der Waals surface area contributed by atoms with Gasteiger partial charge in [0.15, 0.2) is 0 Å². The van der Waals surface area contributed by atoms with Crippen LogP contribution < -0.4 is 10.8 Å². The fourth-order valence-electron chi connectivity index (χ4n) is 1.94. The van der Waals surface area contributed by atoms with Gasteiger partial charge in [-0.3, -0.25) is 9.63 Å². The summed E-state index contributed by atoms with van der Waals surface area (Å²) in [5.74, 6) is -0.238. The molecule has 0 bridgehead atoms. The largest absolute Gasteiger partial charge is 0.312 e. The number of hydrogen-bond acceptors (Lipinski definition) is 3. The summed E-state index contributed by atoms with van der Waals surface area (Å²) in [5, 5.41) is 3.23. The van der Waals surface area contributed by atoms with Gasteiger partial charge in [0, 0.05) is 13.1 Å². The maximum Gasteiger partial charge on any atom is 0.252 e. The molecule has 1 unspecified atom stereocenters. The molecule has 86 valence electrons. The third-order valence-corrected chi connectivity index (χ3v) is 2.73. The van der Waals surface area contributed by atoms with Gasteiger partial charge in [-0.1, -0.05) is 24.3 Å². The first-order valence-corrected chi connectivity index (χ1v) is 5.53. The Morgan fingerprint density at radius 2 is 2.38 bits per heavy atom. The Hall–Kier alpha value is -1.39. The molecule has 16 heavy (non-hydrogen) atoms. The minimum absolute atomic E-state index is 0.0819. The lowest BCUT2D eigenvalue weighted by molar-refractivity contribution is -0.134. The van der Waals surface area contributed by atoms with Crippen molar-refractivity contribution in [2.45, 2.75) is 19.4 Å². The summed E-state index contributed by atoms with van der Waals surface area (Å²) >= 11 is 0. The number of nitrogens with one attached hydrogen (secondary N) is 2. The molecule has 0 spiro atoms. The molecule has 1 atom stereocenters. The number of benzene rings is 1. The second kappa shape index (κ2) is 5.09. The van der Waals surface area contributed by atoms with E-state index >= 15 is 0 Å². The second-order valence-corrected chi connectivity index (χ2v) is 3.78. The number of rotatable bonds is 3. The van der Waals surface area contributed by atoms with E-state index in [0.29, 0.717) is 13.2 Å². The van der Waals surface area contributed by atoms with Crippen molar-refractivity contribution >= 4 is 5.91 Å². The molecule has 0 fully saturated rings. The Bertz CT molecular complexity index is 379. The van der Waals surface area contributed by atoms with Gasteiger partial charge in [0.2, 0.25) is 0 Å². The number of amides is 1. The molecule has 1 heterocycles. The molecule has 0 radical (unpaired) electrons. The number of fused-ring (bicyclic) bond motifs is 1. The standard InChI is InChI=1S/C12H16N2O2/c1-2-16-14-12(15)11-8-13-7-9-5-3-4-6-10(9)11/h3-6,11,13H,2,7-8H2,1H3,(H,14,15). The highest BCUT2D eigenvalue weighted by Gasteiger charge is 2.25. The second-order valence-electron chi connectivity index (χ2n) is 3.78. The van der Waals surface area contributed by atoms with Crippen LogP contribution in [-0.4, -0.2) is 19.1 Å². The van der Waals surface area contributed by atoms with E-state index in [0.717, 1.165) is 12.1 Å². The molecule has 1 aliphatic heterocycles. The van der Waals surface area contributed by atoms with E-state index < -0.39 is 0 Å². The Morgan fingerprint density at radius 3 is 3.19 bits per heavy atom. The van der Waals surface area contributed by atoms with Crippen LogP contribution in [0.25, 0.3) is 0 Å². The first kappa shape index (κ1) is 11.1. The van der Waals surface area contributed by atoms with Gasteiger partial charge < -0.3 is 5.32 Å². The van der Waals surface area contributed by atoms with Crippen LogP contribution in [-0.2, 0) is 16.2 Å². The number of carbonyl (C=O) groups is 1. The first-order chi connectivity index (χ1) is 7.83. The third kappa shape index (κ3) is 2.23. The van der Waals surface area contributed by atoms with Gasteiger partial charge in [-0.05, 0) is 18.1 Å². The van der Waals surface area contributed by atoms with Crippen molar-refractivity contribution < 1.29 is 9.63 Å². The van der Waals surface area contributed by atoms with Crippen molar-refractivity contribution in [3.05, 3.63) is 35.4 Å². The molecular weight excluding hydrogens is 204 g/mol. The quantitative estimate of drug-likeness (QED) is 0.745. The van der Waals surface area contributed by atoms with Gasteiger partial charge in [0.1, 0.15) is 0 Å². The van der Waals surface area contributed by atoms with Crippen LogP contribution in [0, 0.1) is 0 Å². The van der Waals surface area contributed by atoms with Crippen molar-refractivity contribution in [3.8, 4) is 0 Å². The molecule has 2 N–H and O–H groups in total. The zero-order valence-corrected chi connectivity index (χ0v) is 9.32. The smallest absolute Gasteiger partial charge is 0.252 e. The fraction of sp³-hybridized carbons (Fsp3) is 0.417. The van der Waals surface area contributed by atoms with Crippen LogP contribution in [0.4, 0.5) is 0 Å². The monoisotopic (exact) mass is 220 g/mol. The summed E-state index contributed by atoms with van der Waals surface area (Å²) in [6.45, 7) is 3.81. The molecule has 4 heteroatoms. The minimum atomic E-state index is -0.156. The number of carbonyl (C=O) groups excluding carboxylic acids is 1. The molecular formula is C12H16N2O2. The average molecular weight is 220 g/mol. The number of hydrogen-bond donors (Lipinski definition) is 2. The zero-order chi connectivity index (χ0) is 11.4. The van der Waals surface area contributed by atoms with Crippen LogP contribution in [0.1, 0.15) is 24.0 Å². The average Bonchev–Trinajstić information content (AvgIpc) is 2.35. The Balaban J connectivity index is 2.15. The topological polar surface area (TPSA) is 50.4 Å². The summed E-state index contributed by atoms with van der Waals surface area (Å²) in [5.41, 5.74) is 4.75. The molecule has 1 aliphatic rings. The summed E-state index contributed by atoms with van der Waals surface area (Å²) < 4.78 is 0. The summed E-state index contributed by atoms with van der Waals surface area (Å²) in [6, 6.07) is 8.00. The van der Waals surface area contributed by atoms with E-state index in [9.17, 15) is 4.79 Å². The first-order valence-electron chi connectivity index (χ1n) is 5.53. The maximum atomic E-state index is 11.8. The van der Waals surface area contributed by atoms with E-state index in [2.05, 4.69) is 10.8 Å². The summed E-state index contributed by atoms with van der Waals surface area (Å²) in [6.07, 6.45) is 0. The lowest BCUT2D eigenvalue weighted by Gasteiger charge is -2.25. The lowest BCUT2D eigenvalue weighted by Crippen LogP contribution is -2.38. The van der Waals surface area contributed by atoms with E-state index in [1.54, 1.807) is 0 Å². The number of hydroxylamine groups is 1. The van der Waals surface area contributed by atoms with Crippen molar-refractivity contribution in [2.75, 3.05) is 13.2 Å². The zero-order valence-electron chi connectivity index (χ0n) is 9.32. The predicted octanol–water partition coefficient (Wildman–Crippen LogP) is 0.941. The van der Waals surface area contributed by atoms with Gasteiger partial charge in [-0.15, -0.1) is 0 Å². The van der Waals surface area contributed by atoms with Gasteiger partial charge in [0.25, 0.3) is 5.91 Å². The molecule has 0 saturated heterocycles. The van der Waals surface area contributed by atoms with E-state index in [-0.39, 0.29) is 11.8 Å². The predicted molar refractivity (Wildman–Crippen MR) is 60.7 cm³/mol. The van der Waals surface area contributed by atoms with E-state index in [4.69, 9.17) is 4.84 Å². The molecule has 0 aromatic heterocycles. The maximum absolute atomic E-state index is 11.8. The molecule has 4 nitrogen and oxygen atoms in total. The van der Waals surface area contributed by atoms with Crippen LogP contribution >= 0.6 is 0 Å². The van der Waals surface area contributed by atoms with Crippen LogP contribution in [0.15, 0.2) is 24.3 Å². The van der Waals surface area contributed by atoms with Crippen LogP contribution in [0.2, 0.25) is 0 Å². The van der Waals surface area contributed by atoms with E-state index in [1.165, 1.54) is 5.56 Å². The van der Waals surface area contributed by atoms with Crippen LogP contribution in [0.5, 0.6) is 0 Å². The van der Waals surface area contributed by atoms with E-state index in [1.807, 2.05) is 31.2 Å². The molecule has 1 aromatic rings. The summed E-state index contributed by atoms with van der Waals surface area (Å²) in [4.78, 5) is 16.8. The van der Waals surface area contributed by atoms with Gasteiger partial charge in [-0.2, -0.15) is 0 Å². The molecule has 0 aliphatic carbocycles. The van der Waals surface area contributed by atoms with Gasteiger partial charge in [-0.25, -0.2) is 5.48 Å². The molecule has 0 saturated carbocycles. The molecule has 2 rings (SSSR count). The Kier molecular flexibility index (Phi) is 3.54. The van der Waals surface area contributed by atoms with Crippen LogP contribution in [0.3, 0.4) is 0 Å². The SMILES string of the molecule is CCONC(=O)C1CNCc2ccccc21. The van der Waals surface area contributed by atoms with Gasteiger partial charge in [0.05, 0.1) is 12.5 Å². The lowest BCUT2D eigenvalue weighted by atomic mass is 9.90. The van der Waals surface area contributed by atoms with Gasteiger partial charge >= 0.3 is 0 Å². The molecule has 1 aromatic carbocycles. The third-order valence-electron chi connectivity index (χ3n) is 2.73. The molecule has 1 amide bonds. The minimum Gasteiger partial charge on any atom is -0.312 e. The highest BCUT2D eigenvalue weighted by Crippen LogP contribution is 2.23. The van der Waals surface area contributed by atoms with Crippen molar-refractivity contribution in [2.24, 2.45) is 0 Å². The normalized spacial score (nSPS) is 18.9.